The number of hydrogen-bond acceptors (Lipinski definition) is 3. The lowest BCUT2D eigenvalue weighted by Crippen LogP contribution is -2.33. The summed E-state index contributed by atoms with van der Waals surface area (Å²) < 4.78 is 60.2. The van der Waals surface area contributed by atoms with E-state index >= 15 is 0 Å². The molecule has 0 aliphatic carbocycles. The molecular formula is C10H9F3N2O2S. The van der Waals surface area contributed by atoms with Crippen LogP contribution in [0.4, 0.5) is 18.9 Å². The van der Waals surface area contributed by atoms with E-state index in [4.69, 9.17) is 12.2 Å². The molecule has 0 bridgehead atoms. The van der Waals surface area contributed by atoms with E-state index in [2.05, 4.69) is 5.92 Å². The van der Waals surface area contributed by atoms with Gasteiger partial charge in [-0.2, -0.15) is 13.2 Å². The summed E-state index contributed by atoms with van der Waals surface area (Å²) in [4.78, 5) is -0.372. The van der Waals surface area contributed by atoms with Gasteiger partial charge >= 0.3 is 6.18 Å². The fourth-order valence-electron chi connectivity index (χ4n) is 1.10. The predicted molar refractivity (Wildman–Crippen MR) is 60.0 cm³/mol. The predicted octanol–water partition coefficient (Wildman–Crippen LogP) is 1.09. The van der Waals surface area contributed by atoms with Crippen molar-refractivity contribution in [1.82, 2.24) is 4.72 Å². The van der Waals surface area contributed by atoms with Crippen molar-refractivity contribution in [3.8, 4) is 12.3 Å². The second-order valence-electron chi connectivity index (χ2n) is 3.33. The molecule has 0 heterocycles. The van der Waals surface area contributed by atoms with E-state index in [9.17, 15) is 21.6 Å². The van der Waals surface area contributed by atoms with E-state index in [1.807, 2.05) is 0 Å². The first-order chi connectivity index (χ1) is 8.15. The highest BCUT2D eigenvalue weighted by molar-refractivity contribution is 7.89. The first kappa shape index (κ1) is 14.3. The maximum absolute atomic E-state index is 11.9. The number of benzene rings is 1. The summed E-state index contributed by atoms with van der Waals surface area (Å²) in [6, 6.07) is 3.34. The molecule has 1 aromatic rings. The zero-order valence-corrected chi connectivity index (χ0v) is 9.77. The molecular weight excluding hydrogens is 269 g/mol. The first-order valence-corrected chi connectivity index (χ1v) is 6.06. The van der Waals surface area contributed by atoms with Crippen LogP contribution < -0.4 is 10.5 Å². The number of nitrogens with two attached hydrogens (primary N) is 1. The average molecular weight is 278 g/mol. The van der Waals surface area contributed by atoms with Gasteiger partial charge in [0.1, 0.15) is 6.54 Å². The number of terminal acetylenes is 1. The topological polar surface area (TPSA) is 72.2 Å². The highest BCUT2D eigenvalue weighted by Crippen LogP contribution is 2.19. The summed E-state index contributed by atoms with van der Waals surface area (Å²) >= 11 is 0. The van der Waals surface area contributed by atoms with Crippen molar-refractivity contribution in [2.75, 3.05) is 12.3 Å². The van der Waals surface area contributed by atoms with Gasteiger partial charge in [0.2, 0.25) is 10.0 Å². The highest BCUT2D eigenvalue weighted by Gasteiger charge is 2.30. The van der Waals surface area contributed by atoms with E-state index in [0.717, 1.165) is 12.1 Å². The summed E-state index contributed by atoms with van der Waals surface area (Å²) in [6.07, 6.45) is 0.454. The third kappa shape index (κ3) is 3.65. The van der Waals surface area contributed by atoms with Crippen molar-refractivity contribution >= 4 is 15.7 Å². The molecule has 0 aliphatic heterocycles. The molecule has 0 spiro atoms. The normalized spacial score (nSPS) is 12.1. The van der Waals surface area contributed by atoms with Crippen molar-refractivity contribution in [2.24, 2.45) is 0 Å². The average Bonchev–Trinajstić information content (AvgIpc) is 2.25. The SMILES string of the molecule is C#Cc1ccc(S(=O)(=O)NCC(F)(F)F)cc1N. The van der Waals surface area contributed by atoms with Gasteiger partial charge in [-0.1, -0.05) is 5.92 Å². The van der Waals surface area contributed by atoms with Gasteiger partial charge in [0, 0.05) is 11.3 Å². The lowest BCUT2D eigenvalue weighted by molar-refractivity contribution is -0.121. The Morgan fingerprint density at radius 2 is 2.00 bits per heavy atom. The van der Waals surface area contributed by atoms with Crippen LogP contribution >= 0.6 is 0 Å². The van der Waals surface area contributed by atoms with E-state index in [1.54, 1.807) is 0 Å². The Morgan fingerprint density at radius 3 is 2.44 bits per heavy atom. The molecule has 98 valence electrons. The number of nitrogen functional groups attached to an aromatic ring is 1. The summed E-state index contributed by atoms with van der Waals surface area (Å²) in [5.74, 6) is 2.21. The fraction of sp³-hybridized carbons (Fsp3) is 0.200. The zero-order valence-electron chi connectivity index (χ0n) is 8.95. The molecule has 4 nitrogen and oxygen atoms in total. The summed E-state index contributed by atoms with van der Waals surface area (Å²) in [6.45, 7) is -1.65. The van der Waals surface area contributed by atoms with Gasteiger partial charge in [-0.3, -0.25) is 0 Å². The molecule has 0 saturated carbocycles. The zero-order chi connectivity index (χ0) is 14.0. The van der Waals surface area contributed by atoms with Crippen molar-refractivity contribution in [3.05, 3.63) is 23.8 Å². The van der Waals surface area contributed by atoms with Crippen LogP contribution in [0.1, 0.15) is 5.56 Å². The molecule has 0 aliphatic rings. The lowest BCUT2D eigenvalue weighted by Gasteiger charge is -2.10. The van der Waals surface area contributed by atoms with Crippen LogP contribution in [0.3, 0.4) is 0 Å². The van der Waals surface area contributed by atoms with Crippen LogP contribution in [-0.4, -0.2) is 21.1 Å². The monoisotopic (exact) mass is 278 g/mol. The maximum atomic E-state index is 11.9. The van der Waals surface area contributed by atoms with Crippen molar-refractivity contribution in [3.63, 3.8) is 0 Å². The van der Waals surface area contributed by atoms with Gasteiger partial charge in [0.25, 0.3) is 0 Å². The molecule has 0 amide bonds. The quantitative estimate of drug-likeness (QED) is 0.642. The Hall–Kier alpha value is -1.72. The molecule has 0 aromatic heterocycles. The minimum Gasteiger partial charge on any atom is -0.398 e. The minimum atomic E-state index is -4.63. The van der Waals surface area contributed by atoms with Crippen LogP contribution in [0.2, 0.25) is 0 Å². The summed E-state index contributed by atoms with van der Waals surface area (Å²) in [5.41, 5.74) is 5.73. The molecule has 0 saturated heterocycles. The molecule has 1 rings (SSSR count). The second-order valence-corrected chi connectivity index (χ2v) is 5.10. The van der Waals surface area contributed by atoms with E-state index in [1.165, 1.54) is 10.8 Å². The van der Waals surface area contributed by atoms with Crippen LogP contribution in [0, 0.1) is 12.3 Å². The number of alkyl halides is 3. The van der Waals surface area contributed by atoms with Crippen molar-refractivity contribution in [1.29, 1.82) is 0 Å². The largest absolute Gasteiger partial charge is 0.402 e. The Bertz CT molecular complexity index is 588. The van der Waals surface area contributed by atoms with Gasteiger partial charge < -0.3 is 5.73 Å². The van der Waals surface area contributed by atoms with Gasteiger partial charge in [-0.05, 0) is 18.2 Å². The Kier molecular flexibility index (Phi) is 3.88. The number of anilines is 1. The molecule has 18 heavy (non-hydrogen) atoms. The van der Waals surface area contributed by atoms with Gasteiger partial charge in [0.15, 0.2) is 0 Å². The number of nitrogens with one attached hydrogen (secondary N) is 1. The molecule has 0 atom stereocenters. The maximum Gasteiger partial charge on any atom is 0.402 e. The third-order valence-electron chi connectivity index (χ3n) is 1.95. The Labute approximate surface area is 102 Å². The van der Waals surface area contributed by atoms with E-state index < -0.39 is 22.7 Å². The molecule has 0 unspecified atom stereocenters. The smallest absolute Gasteiger partial charge is 0.398 e. The lowest BCUT2D eigenvalue weighted by atomic mass is 10.2. The highest BCUT2D eigenvalue weighted by atomic mass is 32.2. The number of rotatable bonds is 3. The first-order valence-electron chi connectivity index (χ1n) is 4.58. The van der Waals surface area contributed by atoms with E-state index in [-0.39, 0.29) is 16.1 Å². The summed E-state index contributed by atoms with van der Waals surface area (Å²) in [7, 11) is -4.26. The number of sulfonamides is 1. The second kappa shape index (κ2) is 4.88. The van der Waals surface area contributed by atoms with Crippen LogP contribution in [0.5, 0.6) is 0 Å². The molecule has 0 fully saturated rings. The molecule has 0 radical (unpaired) electrons. The van der Waals surface area contributed by atoms with E-state index in [0.29, 0.717) is 0 Å². The number of hydrogen-bond donors (Lipinski definition) is 2. The minimum absolute atomic E-state index is 0.00684. The van der Waals surface area contributed by atoms with Gasteiger partial charge in [-0.15, -0.1) is 6.42 Å². The van der Waals surface area contributed by atoms with Crippen LogP contribution in [0.15, 0.2) is 23.1 Å². The van der Waals surface area contributed by atoms with Crippen molar-refractivity contribution < 1.29 is 21.6 Å². The number of halogens is 3. The molecule has 8 heteroatoms. The van der Waals surface area contributed by atoms with Crippen molar-refractivity contribution in [2.45, 2.75) is 11.1 Å². The van der Waals surface area contributed by atoms with Crippen LogP contribution in [-0.2, 0) is 10.0 Å². The standard InChI is InChI=1S/C10H9F3N2O2S/c1-2-7-3-4-8(5-9(7)14)18(16,17)15-6-10(11,12)13/h1,3-5,15H,6,14H2. The third-order valence-corrected chi connectivity index (χ3v) is 3.35. The van der Waals surface area contributed by atoms with Gasteiger partial charge in [-0.25, -0.2) is 13.1 Å². The fourth-order valence-corrected chi connectivity index (χ4v) is 2.15. The Balaban J connectivity index is 3.00. The Morgan fingerprint density at radius 1 is 1.39 bits per heavy atom. The molecule has 3 N–H and O–H groups in total. The van der Waals surface area contributed by atoms with Gasteiger partial charge in [0.05, 0.1) is 4.90 Å². The molecule has 1 aromatic carbocycles. The van der Waals surface area contributed by atoms with Crippen LogP contribution in [0.25, 0.3) is 0 Å². The summed E-state index contributed by atoms with van der Waals surface area (Å²) in [5, 5.41) is 0.